The first-order valence-electron chi connectivity index (χ1n) is 8.71. The number of hydrogen-bond acceptors (Lipinski definition) is 6. The van der Waals surface area contributed by atoms with Gasteiger partial charge in [0.25, 0.3) is 11.8 Å². The predicted molar refractivity (Wildman–Crippen MR) is 98.1 cm³/mol. The molecule has 7 heteroatoms. The Hall–Kier alpha value is -2.41. The number of amides is 2. The summed E-state index contributed by atoms with van der Waals surface area (Å²) in [6.07, 6.45) is 4.05. The highest BCUT2D eigenvalue weighted by Crippen LogP contribution is 2.06. The zero-order valence-corrected chi connectivity index (χ0v) is 15.2. The topological polar surface area (TPSA) is 115 Å². The van der Waals surface area contributed by atoms with Gasteiger partial charge >= 0.3 is 0 Å². The van der Waals surface area contributed by atoms with Crippen LogP contribution in [0.1, 0.15) is 51.4 Å². The summed E-state index contributed by atoms with van der Waals surface area (Å²) in [5.74, 6) is -1.32. The lowest BCUT2D eigenvalue weighted by Gasteiger charge is -2.16. The van der Waals surface area contributed by atoms with Gasteiger partial charge in [0, 0.05) is 45.1 Å². The van der Waals surface area contributed by atoms with Crippen LogP contribution in [-0.4, -0.2) is 47.2 Å². The van der Waals surface area contributed by atoms with Gasteiger partial charge < -0.3 is 5.73 Å². The molecule has 2 amide bonds. The van der Waals surface area contributed by atoms with Crippen LogP contribution < -0.4 is 5.73 Å². The van der Waals surface area contributed by atoms with E-state index in [0.29, 0.717) is 25.8 Å². The quantitative estimate of drug-likeness (QED) is 0.440. The molecule has 0 aromatic carbocycles. The molecule has 0 aromatic heterocycles. The molecule has 0 heterocycles. The Morgan fingerprint density at radius 3 is 1.46 bits per heavy atom. The van der Waals surface area contributed by atoms with Gasteiger partial charge in [-0.2, -0.15) is 0 Å². The maximum atomic E-state index is 11.8. The Kier molecular flexibility index (Phi) is 12.6. The second kappa shape index (κ2) is 13.8. The Bertz CT molecular complexity index is 534. The molecule has 0 radical (unpaired) electrons. The van der Waals surface area contributed by atoms with Gasteiger partial charge in [0.2, 0.25) is 0 Å². The summed E-state index contributed by atoms with van der Waals surface area (Å²) in [4.78, 5) is 59.1. The van der Waals surface area contributed by atoms with Gasteiger partial charge in [-0.15, -0.1) is 0 Å². The molecule has 0 spiro atoms. The van der Waals surface area contributed by atoms with E-state index in [0.717, 1.165) is 17.1 Å². The monoisotopic (exact) mass is 364 g/mol. The van der Waals surface area contributed by atoms with Crippen molar-refractivity contribution in [3.63, 3.8) is 0 Å². The number of hydrogen-bond donors (Lipinski definition) is 1. The minimum absolute atomic E-state index is 0.00832. The summed E-state index contributed by atoms with van der Waals surface area (Å²) in [6.45, 7) is 7.18. The van der Waals surface area contributed by atoms with E-state index in [-0.39, 0.29) is 56.0 Å². The molecule has 144 valence electrons. The van der Waals surface area contributed by atoms with E-state index >= 15 is 0 Å². The van der Waals surface area contributed by atoms with Crippen molar-refractivity contribution in [2.75, 3.05) is 13.1 Å². The van der Waals surface area contributed by atoms with Crippen LogP contribution in [0.4, 0.5) is 0 Å². The molecule has 0 fully saturated rings. The lowest BCUT2D eigenvalue weighted by atomic mass is 10.0. The third-order valence-corrected chi connectivity index (χ3v) is 3.74. The smallest absolute Gasteiger partial charge is 0.252 e. The molecule has 0 aliphatic rings. The number of carbonyl (C=O) groups excluding carboxylic acids is 5. The van der Waals surface area contributed by atoms with E-state index in [1.807, 2.05) is 0 Å². The van der Waals surface area contributed by atoms with E-state index in [4.69, 9.17) is 5.73 Å². The molecule has 26 heavy (non-hydrogen) atoms. The van der Waals surface area contributed by atoms with E-state index < -0.39 is 11.8 Å². The highest BCUT2D eigenvalue weighted by atomic mass is 16.2. The third-order valence-electron chi connectivity index (χ3n) is 3.74. The standard InChI is InChI=1S/C19H28N2O5/c1-3-18(25)21(19(26)4-2)14-6-8-16(23)10-12-17(24)11-9-15(22)7-5-13-20/h3-4H,1-2,5-14,20H2. The Labute approximate surface area is 154 Å². The zero-order valence-electron chi connectivity index (χ0n) is 15.2. The van der Waals surface area contributed by atoms with E-state index in [9.17, 15) is 24.0 Å². The van der Waals surface area contributed by atoms with Gasteiger partial charge in [-0.3, -0.25) is 28.9 Å². The average molecular weight is 364 g/mol. The molecular weight excluding hydrogens is 336 g/mol. The van der Waals surface area contributed by atoms with Crippen LogP contribution in [0.5, 0.6) is 0 Å². The minimum Gasteiger partial charge on any atom is -0.330 e. The first-order valence-corrected chi connectivity index (χ1v) is 8.71. The second-order valence-corrected chi connectivity index (χ2v) is 5.85. The highest BCUT2D eigenvalue weighted by molar-refractivity contribution is 6.04. The van der Waals surface area contributed by atoms with Crippen molar-refractivity contribution in [3.8, 4) is 0 Å². The maximum Gasteiger partial charge on any atom is 0.252 e. The fraction of sp³-hybridized carbons (Fsp3) is 0.526. The number of nitrogens with zero attached hydrogens (tertiary/aromatic N) is 1. The van der Waals surface area contributed by atoms with Crippen molar-refractivity contribution in [2.24, 2.45) is 5.73 Å². The van der Waals surface area contributed by atoms with Crippen LogP contribution in [0.2, 0.25) is 0 Å². The van der Waals surface area contributed by atoms with Crippen LogP contribution in [0.25, 0.3) is 0 Å². The molecule has 0 aromatic rings. The lowest BCUT2D eigenvalue weighted by Crippen LogP contribution is -2.35. The molecule has 0 aliphatic carbocycles. The Morgan fingerprint density at radius 2 is 1.08 bits per heavy atom. The first-order chi connectivity index (χ1) is 12.3. The van der Waals surface area contributed by atoms with Gasteiger partial charge in [-0.1, -0.05) is 13.2 Å². The fourth-order valence-corrected chi connectivity index (χ4v) is 2.22. The van der Waals surface area contributed by atoms with Gasteiger partial charge in [0.05, 0.1) is 0 Å². The molecule has 2 N–H and O–H groups in total. The van der Waals surface area contributed by atoms with Gasteiger partial charge in [-0.25, -0.2) is 0 Å². The summed E-state index contributed by atoms with van der Waals surface area (Å²) in [6, 6.07) is 0. The van der Waals surface area contributed by atoms with Crippen molar-refractivity contribution in [3.05, 3.63) is 25.3 Å². The number of nitrogens with two attached hydrogens (primary N) is 1. The molecular formula is C19H28N2O5. The van der Waals surface area contributed by atoms with Crippen LogP contribution >= 0.6 is 0 Å². The van der Waals surface area contributed by atoms with Crippen LogP contribution in [0, 0.1) is 0 Å². The zero-order chi connectivity index (χ0) is 19.9. The first kappa shape index (κ1) is 23.6. The van der Waals surface area contributed by atoms with Crippen LogP contribution in [0.3, 0.4) is 0 Å². The summed E-state index contributed by atoms with van der Waals surface area (Å²) in [5, 5.41) is 0. The number of ketones is 3. The molecule has 0 atom stereocenters. The Balaban J connectivity index is 4.07. The predicted octanol–water partition coefficient (Wildman–Crippen LogP) is 1.50. The van der Waals surface area contributed by atoms with E-state index in [2.05, 4.69) is 13.2 Å². The largest absolute Gasteiger partial charge is 0.330 e. The molecule has 0 saturated heterocycles. The fourth-order valence-electron chi connectivity index (χ4n) is 2.22. The SMILES string of the molecule is C=CC(=O)N(CCCC(=O)CCC(=O)CCC(=O)CCCN)C(=O)C=C. The van der Waals surface area contributed by atoms with Gasteiger partial charge in [0.15, 0.2) is 0 Å². The molecule has 0 unspecified atom stereocenters. The molecule has 7 nitrogen and oxygen atoms in total. The van der Waals surface area contributed by atoms with Crippen molar-refractivity contribution in [2.45, 2.75) is 51.4 Å². The highest BCUT2D eigenvalue weighted by Gasteiger charge is 2.16. The number of Topliss-reactive ketones (excluding diaryl/α,β-unsaturated/α-hetero) is 3. The van der Waals surface area contributed by atoms with Crippen molar-refractivity contribution in [1.29, 1.82) is 0 Å². The molecule has 0 aliphatic heterocycles. The van der Waals surface area contributed by atoms with E-state index in [1.54, 1.807) is 0 Å². The van der Waals surface area contributed by atoms with Crippen molar-refractivity contribution in [1.82, 2.24) is 4.90 Å². The van der Waals surface area contributed by atoms with E-state index in [1.165, 1.54) is 0 Å². The maximum absolute atomic E-state index is 11.8. The third kappa shape index (κ3) is 10.5. The summed E-state index contributed by atoms with van der Waals surface area (Å²) in [5.41, 5.74) is 5.31. The van der Waals surface area contributed by atoms with Crippen molar-refractivity contribution < 1.29 is 24.0 Å². The van der Waals surface area contributed by atoms with Gasteiger partial charge in [0.1, 0.15) is 17.3 Å². The molecule has 0 rings (SSSR count). The Morgan fingerprint density at radius 1 is 0.692 bits per heavy atom. The van der Waals surface area contributed by atoms with Crippen LogP contribution in [-0.2, 0) is 24.0 Å². The normalized spacial score (nSPS) is 10.0. The van der Waals surface area contributed by atoms with Crippen LogP contribution in [0.15, 0.2) is 25.3 Å². The number of carbonyl (C=O) groups is 5. The minimum atomic E-state index is -0.545. The molecule has 0 bridgehead atoms. The summed E-state index contributed by atoms with van der Waals surface area (Å²) >= 11 is 0. The molecule has 0 saturated carbocycles. The number of imide groups is 1. The second-order valence-electron chi connectivity index (χ2n) is 5.85. The average Bonchev–Trinajstić information content (AvgIpc) is 2.65. The summed E-state index contributed by atoms with van der Waals surface area (Å²) < 4.78 is 0. The van der Waals surface area contributed by atoms with Gasteiger partial charge in [-0.05, 0) is 31.5 Å². The lowest BCUT2D eigenvalue weighted by molar-refractivity contribution is -0.139. The summed E-state index contributed by atoms with van der Waals surface area (Å²) in [7, 11) is 0. The van der Waals surface area contributed by atoms with Crippen molar-refractivity contribution >= 4 is 29.2 Å². The number of rotatable bonds is 15.